The molecule has 0 unspecified atom stereocenters. The molecule has 1 N–H and O–H groups in total. The first kappa shape index (κ1) is 16.6. The second-order valence-corrected chi connectivity index (χ2v) is 5.12. The van der Waals surface area contributed by atoms with Gasteiger partial charge in [0, 0.05) is 11.3 Å². The first-order valence-electron chi connectivity index (χ1n) is 6.94. The molecule has 2 aromatic rings. The van der Waals surface area contributed by atoms with Crippen LogP contribution in [0.1, 0.15) is 34.6 Å². The molecule has 1 amide bonds. The van der Waals surface area contributed by atoms with E-state index in [1.165, 1.54) is 12.1 Å². The van der Waals surface area contributed by atoms with E-state index in [2.05, 4.69) is 5.32 Å². The summed E-state index contributed by atoms with van der Waals surface area (Å²) in [6.45, 7) is 3.46. The number of esters is 1. The van der Waals surface area contributed by atoms with Crippen molar-refractivity contribution in [1.29, 1.82) is 0 Å². The fraction of sp³-hybridized carbons (Fsp3) is 0.176. The van der Waals surface area contributed by atoms with Gasteiger partial charge in [-0.2, -0.15) is 0 Å². The highest BCUT2D eigenvalue weighted by Gasteiger charge is 2.13. The molecular formula is C17H15F2NO3. The Labute approximate surface area is 132 Å². The lowest BCUT2D eigenvalue weighted by Crippen LogP contribution is -2.14. The van der Waals surface area contributed by atoms with E-state index in [0.29, 0.717) is 5.69 Å². The fourth-order valence-corrected chi connectivity index (χ4v) is 1.85. The minimum absolute atomic E-state index is 0.0286. The fourth-order valence-electron chi connectivity index (χ4n) is 1.85. The van der Waals surface area contributed by atoms with E-state index in [-0.39, 0.29) is 17.2 Å². The molecule has 0 radical (unpaired) electrons. The lowest BCUT2D eigenvalue weighted by atomic mass is 10.1. The van der Waals surface area contributed by atoms with Crippen molar-refractivity contribution in [3.8, 4) is 0 Å². The van der Waals surface area contributed by atoms with Gasteiger partial charge in [-0.15, -0.1) is 0 Å². The van der Waals surface area contributed by atoms with Crippen molar-refractivity contribution >= 4 is 17.6 Å². The largest absolute Gasteiger partial charge is 0.459 e. The number of carbonyl (C=O) groups excluding carboxylic acids is 2. The Morgan fingerprint density at radius 2 is 1.74 bits per heavy atom. The smallest absolute Gasteiger partial charge is 0.338 e. The maximum atomic E-state index is 13.2. The van der Waals surface area contributed by atoms with Crippen molar-refractivity contribution in [1.82, 2.24) is 0 Å². The molecule has 0 fully saturated rings. The Morgan fingerprint density at radius 1 is 1.00 bits per heavy atom. The summed E-state index contributed by atoms with van der Waals surface area (Å²) in [5, 5.41) is 2.52. The van der Waals surface area contributed by atoms with Crippen LogP contribution in [0.15, 0.2) is 42.5 Å². The van der Waals surface area contributed by atoms with E-state index < -0.39 is 23.5 Å². The van der Waals surface area contributed by atoms with Crippen LogP contribution in [0.3, 0.4) is 0 Å². The zero-order valence-electron chi connectivity index (χ0n) is 12.6. The molecule has 2 rings (SSSR count). The maximum absolute atomic E-state index is 13.2. The molecule has 0 aromatic heterocycles. The highest BCUT2D eigenvalue weighted by molar-refractivity contribution is 6.04. The lowest BCUT2D eigenvalue weighted by Gasteiger charge is -2.10. The van der Waals surface area contributed by atoms with Gasteiger partial charge in [-0.05, 0) is 50.2 Å². The number of hydrogen-bond acceptors (Lipinski definition) is 3. The van der Waals surface area contributed by atoms with Gasteiger partial charge in [0.1, 0.15) is 0 Å². The van der Waals surface area contributed by atoms with Crippen molar-refractivity contribution < 1.29 is 23.1 Å². The van der Waals surface area contributed by atoms with Crippen LogP contribution in [0.4, 0.5) is 14.5 Å². The summed E-state index contributed by atoms with van der Waals surface area (Å²) in [5.74, 6) is -3.26. The quantitative estimate of drug-likeness (QED) is 0.873. The highest BCUT2D eigenvalue weighted by atomic mass is 19.2. The van der Waals surface area contributed by atoms with Crippen molar-refractivity contribution in [2.24, 2.45) is 0 Å². The topological polar surface area (TPSA) is 55.4 Å². The molecule has 23 heavy (non-hydrogen) atoms. The number of carbonyl (C=O) groups is 2. The van der Waals surface area contributed by atoms with Crippen LogP contribution in [0, 0.1) is 11.6 Å². The molecule has 0 atom stereocenters. The number of amides is 1. The molecule has 6 heteroatoms. The minimum atomic E-state index is -1.10. The third kappa shape index (κ3) is 4.35. The number of hydrogen-bond donors (Lipinski definition) is 1. The monoisotopic (exact) mass is 319 g/mol. The van der Waals surface area contributed by atoms with Crippen LogP contribution >= 0.6 is 0 Å². The molecule has 0 saturated carbocycles. The molecule has 2 aromatic carbocycles. The predicted octanol–water partition coefficient (Wildman–Crippen LogP) is 3.78. The van der Waals surface area contributed by atoms with Gasteiger partial charge < -0.3 is 10.1 Å². The molecular weight excluding hydrogens is 304 g/mol. The summed E-state index contributed by atoms with van der Waals surface area (Å²) in [4.78, 5) is 23.8. The summed E-state index contributed by atoms with van der Waals surface area (Å²) in [5.41, 5.74) is 0.596. The van der Waals surface area contributed by atoms with Gasteiger partial charge >= 0.3 is 5.97 Å². The van der Waals surface area contributed by atoms with Gasteiger partial charge in [-0.3, -0.25) is 4.79 Å². The third-order valence-electron chi connectivity index (χ3n) is 2.88. The first-order valence-corrected chi connectivity index (χ1v) is 6.94. The van der Waals surface area contributed by atoms with E-state index in [1.807, 2.05) is 0 Å². The summed E-state index contributed by atoms with van der Waals surface area (Å²) < 4.78 is 31.1. The van der Waals surface area contributed by atoms with Gasteiger partial charge in [0.25, 0.3) is 5.91 Å². The van der Waals surface area contributed by atoms with Crippen LogP contribution in [-0.2, 0) is 4.74 Å². The summed E-state index contributed by atoms with van der Waals surface area (Å²) >= 11 is 0. The van der Waals surface area contributed by atoms with Crippen molar-refractivity contribution in [2.45, 2.75) is 20.0 Å². The van der Waals surface area contributed by atoms with Crippen LogP contribution in [0.2, 0.25) is 0 Å². The Balaban J connectivity index is 2.15. The zero-order chi connectivity index (χ0) is 17.0. The molecule has 0 aliphatic carbocycles. The van der Waals surface area contributed by atoms with E-state index in [4.69, 9.17) is 4.74 Å². The predicted molar refractivity (Wildman–Crippen MR) is 81.3 cm³/mol. The molecule has 0 saturated heterocycles. The minimum Gasteiger partial charge on any atom is -0.459 e. The second-order valence-electron chi connectivity index (χ2n) is 5.12. The summed E-state index contributed by atoms with van der Waals surface area (Å²) in [6.07, 6.45) is -0.261. The van der Waals surface area contributed by atoms with Crippen LogP contribution in [0.5, 0.6) is 0 Å². The molecule has 0 spiro atoms. The number of nitrogens with one attached hydrogen (secondary N) is 1. The molecule has 120 valence electrons. The average molecular weight is 319 g/mol. The number of rotatable bonds is 4. The van der Waals surface area contributed by atoms with Gasteiger partial charge in [-0.25, -0.2) is 13.6 Å². The average Bonchev–Trinajstić information content (AvgIpc) is 2.49. The Bertz CT molecular complexity index is 744. The summed E-state index contributed by atoms with van der Waals surface area (Å²) in [6, 6.07) is 9.01. The Hall–Kier alpha value is -2.76. The van der Waals surface area contributed by atoms with Crippen LogP contribution in [0.25, 0.3) is 0 Å². The second kappa shape index (κ2) is 7.00. The normalized spacial score (nSPS) is 10.5. The highest BCUT2D eigenvalue weighted by Crippen LogP contribution is 2.15. The van der Waals surface area contributed by atoms with E-state index in [9.17, 15) is 18.4 Å². The van der Waals surface area contributed by atoms with E-state index >= 15 is 0 Å². The number of benzene rings is 2. The van der Waals surface area contributed by atoms with Crippen molar-refractivity contribution in [3.05, 3.63) is 65.2 Å². The Morgan fingerprint density at radius 3 is 2.39 bits per heavy atom. The molecule has 0 heterocycles. The van der Waals surface area contributed by atoms with Gasteiger partial charge in [0.2, 0.25) is 0 Å². The standard InChI is InChI=1S/C17H15F2NO3/c1-10(2)23-17(22)12-4-3-5-13(8-12)20-16(21)11-6-7-14(18)15(19)9-11/h3-10H,1-2H3,(H,20,21). The SMILES string of the molecule is CC(C)OC(=O)c1cccc(NC(=O)c2ccc(F)c(F)c2)c1. The first-order chi connectivity index (χ1) is 10.9. The van der Waals surface area contributed by atoms with Gasteiger partial charge in [0.15, 0.2) is 11.6 Å². The van der Waals surface area contributed by atoms with Gasteiger partial charge in [-0.1, -0.05) is 6.07 Å². The van der Waals surface area contributed by atoms with Crippen LogP contribution < -0.4 is 5.32 Å². The van der Waals surface area contributed by atoms with Crippen molar-refractivity contribution in [3.63, 3.8) is 0 Å². The third-order valence-corrected chi connectivity index (χ3v) is 2.88. The van der Waals surface area contributed by atoms with E-state index in [1.54, 1.807) is 32.0 Å². The lowest BCUT2D eigenvalue weighted by molar-refractivity contribution is 0.0377. The van der Waals surface area contributed by atoms with Crippen LogP contribution in [-0.4, -0.2) is 18.0 Å². The molecule has 0 aliphatic heterocycles. The summed E-state index contributed by atoms with van der Waals surface area (Å²) in [7, 11) is 0. The van der Waals surface area contributed by atoms with E-state index in [0.717, 1.165) is 12.1 Å². The number of anilines is 1. The molecule has 0 bridgehead atoms. The number of ether oxygens (including phenoxy) is 1. The molecule has 4 nitrogen and oxygen atoms in total. The Kier molecular flexibility index (Phi) is 5.05. The molecule has 0 aliphatic rings. The van der Waals surface area contributed by atoms with Gasteiger partial charge in [0.05, 0.1) is 11.7 Å². The maximum Gasteiger partial charge on any atom is 0.338 e. The van der Waals surface area contributed by atoms with Crippen molar-refractivity contribution in [2.75, 3.05) is 5.32 Å². The number of halogens is 2. The zero-order valence-corrected chi connectivity index (χ0v) is 12.6.